The molecule has 0 aromatic heterocycles. The van der Waals surface area contributed by atoms with Crippen molar-refractivity contribution in [3.8, 4) is 0 Å². The Morgan fingerprint density at radius 1 is 0.396 bits per heavy atom. The van der Waals surface area contributed by atoms with Gasteiger partial charge in [-0.3, -0.25) is 0 Å². The zero-order chi connectivity index (χ0) is 31.2. The molecule has 0 saturated carbocycles. The molecule has 6 heteroatoms. The maximum Gasteiger partial charge on any atom is 3.00 e. The summed E-state index contributed by atoms with van der Waals surface area (Å²) in [6.07, 6.45) is 0. The molecule has 0 heterocycles. The first-order valence-corrected chi connectivity index (χ1v) is 17.8. The van der Waals surface area contributed by atoms with Crippen LogP contribution >= 0.6 is 0 Å². The van der Waals surface area contributed by atoms with Gasteiger partial charge in [0.2, 0.25) is 0 Å². The summed E-state index contributed by atoms with van der Waals surface area (Å²) < 4.78 is 0. The van der Waals surface area contributed by atoms with Crippen molar-refractivity contribution < 1.29 is 77.2 Å². The van der Waals surface area contributed by atoms with Crippen LogP contribution in [0, 0.1) is 0 Å². The largest absolute Gasteiger partial charge is 3.00 e. The second-order valence-electron chi connectivity index (χ2n) is 9.60. The van der Waals surface area contributed by atoms with E-state index in [9.17, 15) is 0 Å². The minimum Gasteiger partial charge on any atom is -1.00 e. The van der Waals surface area contributed by atoms with Crippen molar-refractivity contribution in [2.45, 2.75) is 13.1 Å². The van der Waals surface area contributed by atoms with Gasteiger partial charge in [-0.1, -0.05) is 37.4 Å². The maximum absolute atomic E-state index is 3.49. The van der Waals surface area contributed by atoms with Crippen molar-refractivity contribution in [1.82, 2.24) is 0 Å². The van der Waals surface area contributed by atoms with E-state index in [0.29, 0.717) is 0 Å². The molecule has 8 aromatic rings. The molecule has 0 amide bonds. The van der Waals surface area contributed by atoms with E-state index < -0.39 is 0 Å². The predicted molar refractivity (Wildman–Crippen MR) is 202 cm³/mol. The second-order valence-corrected chi connectivity index (χ2v) is 11.6. The van der Waals surface area contributed by atoms with E-state index in [-0.39, 0.29) is 77.2 Å². The maximum atomic E-state index is 3.49. The van der Waals surface area contributed by atoms with E-state index in [0.717, 1.165) is 19.0 Å². The van der Waals surface area contributed by atoms with Crippen molar-refractivity contribution in [3.05, 3.63) is 194 Å². The summed E-state index contributed by atoms with van der Waals surface area (Å²) in [6, 6.07) is 58.7. The summed E-state index contributed by atoms with van der Waals surface area (Å²) in [5.41, 5.74) is 3.81. The van der Waals surface area contributed by atoms with Crippen LogP contribution in [0.1, 0.15) is 0 Å². The SMILES string of the molecule is C=C[Si]C.C=C[Si]C.[Cl-].[Cl-].[Zr+3].[Zr+3].c1ccc2[cH-]ccc2c1.c1ccc2[cH-]ccc2c1.c1ccc2[cH-]ccc2c1.c1ccc2[cH-]ccc2c1. The Bertz CT molecular complexity index is 1520. The molecule has 0 unspecified atom stereocenters. The molecule has 0 spiro atoms. The van der Waals surface area contributed by atoms with Crippen molar-refractivity contribution in [2.75, 3.05) is 0 Å². The average molecular weight is 854 g/mol. The van der Waals surface area contributed by atoms with Gasteiger partial charge in [-0.2, -0.15) is 70.1 Å². The van der Waals surface area contributed by atoms with Crippen LogP contribution in [0.5, 0.6) is 0 Å². The molecular weight excluding hydrogens is 814 g/mol. The van der Waals surface area contributed by atoms with Gasteiger partial charge in [0.1, 0.15) is 0 Å². The number of benzene rings is 4. The Hall–Kier alpha value is -2.42. The van der Waals surface area contributed by atoms with Gasteiger partial charge in [0.25, 0.3) is 0 Å². The Morgan fingerprint density at radius 3 is 0.750 bits per heavy atom. The van der Waals surface area contributed by atoms with E-state index in [1.165, 1.54) is 43.1 Å². The first-order valence-electron chi connectivity index (χ1n) is 14.7. The van der Waals surface area contributed by atoms with Crippen LogP contribution in [0.25, 0.3) is 43.1 Å². The fraction of sp³-hybridized carbons (Fsp3) is 0.0476. The van der Waals surface area contributed by atoms with Crippen molar-refractivity contribution in [3.63, 3.8) is 0 Å². The smallest absolute Gasteiger partial charge is 1.00 e. The Morgan fingerprint density at radius 2 is 0.583 bits per heavy atom. The van der Waals surface area contributed by atoms with Gasteiger partial charge in [-0.15, -0.1) is 143 Å². The minimum absolute atomic E-state index is 0. The van der Waals surface area contributed by atoms with E-state index in [1.807, 2.05) is 11.4 Å². The molecule has 0 aliphatic carbocycles. The molecule has 0 aliphatic rings. The zero-order valence-corrected chi connectivity index (χ0v) is 35.9. The van der Waals surface area contributed by atoms with Crippen LogP contribution in [0.2, 0.25) is 13.1 Å². The van der Waals surface area contributed by atoms with E-state index >= 15 is 0 Å². The molecule has 8 aromatic carbocycles. The van der Waals surface area contributed by atoms with Gasteiger partial charge in [0.15, 0.2) is 0 Å². The number of rotatable bonds is 2. The minimum atomic E-state index is 0. The molecule has 0 aliphatic heterocycles. The van der Waals surface area contributed by atoms with Gasteiger partial charge in [0.05, 0.1) is 19.0 Å². The van der Waals surface area contributed by atoms with Crippen molar-refractivity contribution in [2.24, 2.45) is 0 Å². The fourth-order valence-corrected chi connectivity index (χ4v) is 4.28. The number of halogens is 2. The van der Waals surface area contributed by atoms with Crippen LogP contribution < -0.4 is 24.8 Å². The van der Waals surface area contributed by atoms with Crippen LogP contribution in [-0.4, -0.2) is 19.0 Å². The monoisotopic (exact) mass is 850 g/mol. The van der Waals surface area contributed by atoms with Crippen molar-refractivity contribution >= 4 is 62.1 Å². The molecule has 0 fully saturated rings. The second kappa shape index (κ2) is 29.5. The van der Waals surface area contributed by atoms with Gasteiger partial charge >= 0.3 is 52.4 Å². The van der Waals surface area contributed by atoms with E-state index in [4.69, 9.17) is 0 Å². The molecule has 6 radical (unpaired) electrons. The quantitative estimate of drug-likeness (QED) is 0.148. The van der Waals surface area contributed by atoms with Gasteiger partial charge in [-0.25, -0.2) is 0 Å². The van der Waals surface area contributed by atoms with Crippen LogP contribution in [0.15, 0.2) is 194 Å². The summed E-state index contributed by atoms with van der Waals surface area (Å²) in [4.78, 5) is 0. The first-order chi connectivity index (χ1) is 21.7. The molecular formula is C42H40Cl2Si2Zr2. The summed E-state index contributed by atoms with van der Waals surface area (Å²) in [5, 5.41) is 10.6. The number of fused-ring (bicyclic) bond motifs is 4. The molecule has 238 valence electrons. The molecule has 8 rings (SSSR count). The fourth-order valence-electron chi connectivity index (χ4n) is 4.28. The number of hydrogen-bond donors (Lipinski definition) is 0. The molecule has 0 N–H and O–H groups in total. The number of hydrogen-bond acceptors (Lipinski definition) is 0. The van der Waals surface area contributed by atoms with Gasteiger partial charge < -0.3 is 24.8 Å². The summed E-state index contributed by atoms with van der Waals surface area (Å²) in [6.45, 7) is 11.2. The Balaban J connectivity index is 0. The van der Waals surface area contributed by atoms with Gasteiger partial charge in [-0.05, 0) is 0 Å². The van der Waals surface area contributed by atoms with Crippen molar-refractivity contribution in [1.29, 1.82) is 0 Å². The molecule has 0 atom stereocenters. The third-order valence-electron chi connectivity index (χ3n) is 6.60. The van der Waals surface area contributed by atoms with Crippen LogP contribution in [0.3, 0.4) is 0 Å². The van der Waals surface area contributed by atoms with E-state index in [1.54, 1.807) is 0 Å². The topological polar surface area (TPSA) is 0 Å². The molecule has 48 heavy (non-hydrogen) atoms. The van der Waals surface area contributed by atoms with Crippen LogP contribution in [-0.2, 0) is 52.4 Å². The van der Waals surface area contributed by atoms with Crippen LogP contribution in [0.4, 0.5) is 0 Å². The standard InChI is InChI=1S/4C9H7.2C3H6Si.2ClH.2Zr/c4*1-2-5-9-7-3-6-8(9)4-1;2*1-3-4-2;;;;/h4*1-7H;2*3H,1H2,2H3;2*1H;;/q4*-1;;;;;2*+3/p-2. The summed E-state index contributed by atoms with van der Waals surface area (Å²) in [5.74, 6) is 0. The Kier molecular flexibility index (Phi) is 29.3. The zero-order valence-electron chi connectivity index (χ0n) is 27.5. The Labute approximate surface area is 343 Å². The third-order valence-corrected chi connectivity index (χ3v) is 7.42. The molecule has 0 nitrogen and oxygen atoms in total. The van der Waals surface area contributed by atoms with E-state index in [2.05, 4.69) is 196 Å². The van der Waals surface area contributed by atoms with Gasteiger partial charge in [0, 0.05) is 0 Å². The average Bonchev–Trinajstić information content (AvgIpc) is 3.92. The molecule has 0 saturated heterocycles. The summed E-state index contributed by atoms with van der Waals surface area (Å²) in [7, 11) is 1.81. The third kappa shape index (κ3) is 17.3. The normalized spacial score (nSPS) is 8.71. The first kappa shape index (κ1) is 47.7. The summed E-state index contributed by atoms with van der Waals surface area (Å²) >= 11 is 0. The predicted octanol–water partition coefficient (Wildman–Crippen LogP) is 6.00. The molecule has 0 bridgehead atoms.